The molecule has 0 fully saturated rings. The van der Waals surface area contributed by atoms with E-state index in [1.54, 1.807) is 0 Å². The van der Waals surface area contributed by atoms with Crippen LogP contribution < -0.4 is 0 Å². The predicted octanol–water partition coefficient (Wildman–Crippen LogP) is 2.77. The molecule has 0 saturated carbocycles. The minimum absolute atomic E-state index is 0.639. The molecule has 0 aliphatic carbocycles. The molecule has 0 aromatic heterocycles. The Morgan fingerprint density at radius 1 is 0.933 bits per heavy atom. The van der Waals surface area contributed by atoms with Crippen molar-refractivity contribution in [1.82, 2.24) is 0 Å². The van der Waals surface area contributed by atoms with Gasteiger partial charge in [0.25, 0.3) is 0 Å². The van der Waals surface area contributed by atoms with E-state index in [0.29, 0.717) is 19.8 Å². The van der Waals surface area contributed by atoms with Gasteiger partial charge in [0.2, 0.25) is 0 Å². The third-order valence-electron chi connectivity index (χ3n) is 1.51. The highest BCUT2D eigenvalue weighted by molar-refractivity contribution is 7.80. The van der Waals surface area contributed by atoms with Crippen molar-refractivity contribution >= 4 is 21.4 Å². The molecule has 0 saturated heterocycles. The van der Waals surface area contributed by atoms with Crippen LogP contribution in [0.25, 0.3) is 0 Å². The summed E-state index contributed by atoms with van der Waals surface area (Å²) in [6.07, 6.45) is 0. The standard InChI is InChI=1S/C8H20O3SSi.C2H4/c1-4-9-13(8-7-12,10-5-2)11-6-3;1-2/h12H,4-8H2,1-3H3;1-2H2. The number of rotatable bonds is 8. The zero-order valence-corrected chi connectivity index (χ0v) is 12.0. The third kappa shape index (κ3) is 8.04. The normalized spacial score (nSPS) is 10.7. The topological polar surface area (TPSA) is 27.7 Å². The van der Waals surface area contributed by atoms with Crippen molar-refractivity contribution in [3.8, 4) is 0 Å². The quantitative estimate of drug-likeness (QED) is 0.409. The molecule has 0 unspecified atom stereocenters. The van der Waals surface area contributed by atoms with E-state index in [-0.39, 0.29) is 0 Å². The lowest BCUT2D eigenvalue weighted by molar-refractivity contribution is 0.0729. The van der Waals surface area contributed by atoms with Crippen molar-refractivity contribution in [3.05, 3.63) is 13.2 Å². The lowest BCUT2D eigenvalue weighted by atomic mass is 10.9. The Labute approximate surface area is 101 Å². The first kappa shape index (κ1) is 17.6. The minimum atomic E-state index is -2.37. The Bertz CT molecular complexity index is 106. The van der Waals surface area contributed by atoms with E-state index < -0.39 is 8.80 Å². The number of thiol groups is 1. The van der Waals surface area contributed by atoms with E-state index in [9.17, 15) is 0 Å². The Balaban J connectivity index is 0. The molecular weight excluding hydrogens is 228 g/mol. The molecular formula is C10H24O3SSi. The lowest BCUT2D eigenvalue weighted by Gasteiger charge is -2.27. The highest BCUT2D eigenvalue weighted by atomic mass is 32.1. The molecule has 15 heavy (non-hydrogen) atoms. The van der Waals surface area contributed by atoms with Crippen molar-refractivity contribution in [2.45, 2.75) is 26.8 Å². The largest absolute Gasteiger partial charge is 0.501 e. The molecule has 0 bridgehead atoms. The summed E-state index contributed by atoms with van der Waals surface area (Å²) in [5.74, 6) is 0.742. The van der Waals surface area contributed by atoms with Crippen LogP contribution >= 0.6 is 12.6 Å². The van der Waals surface area contributed by atoms with Crippen molar-refractivity contribution in [2.24, 2.45) is 0 Å². The first-order chi connectivity index (χ1) is 7.24. The monoisotopic (exact) mass is 252 g/mol. The molecule has 3 nitrogen and oxygen atoms in total. The second-order valence-corrected chi connectivity index (χ2v) is 5.63. The van der Waals surface area contributed by atoms with E-state index in [2.05, 4.69) is 25.8 Å². The molecule has 0 aromatic rings. The van der Waals surface area contributed by atoms with E-state index >= 15 is 0 Å². The van der Waals surface area contributed by atoms with Gasteiger partial charge in [-0.15, -0.1) is 13.2 Å². The van der Waals surface area contributed by atoms with E-state index in [1.165, 1.54) is 0 Å². The summed E-state index contributed by atoms with van der Waals surface area (Å²) >= 11 is 4.19. The second-order valence-electron chi connectivity index (χ2n) is 2.46. The van der Waals surface area contributed by atoms with Crippen LogP contribution in [0.2, 0.25) is 6.04 Å². The second kappa shape index (κ2) is 12.3. The van der Waals surface area contributed by atoms with Gasteiger partial charge >= 0.3 is 8.80 Å². The predicted molar refractivity (Wildman–Crippen MR) is 70.5 cm³/mol. The summed E-state index contributed by atoms with van der Waals surface area (Å²) in [5.41, 5.74) is 0. The zero-order chi connectivity index (χ0) is 12.2. The summed E-state index contributed by atoms with van der Waals surface area (Å²) in [5, 5.41) is 0. The first-order valence-electron chi connectivity index (χ1n) is 5.27. The highest BCUT2D eigenvalue weighted by Crippen LogP contribution is 2.16. The van der Waals surface area contributed by atoms with Gasteiger partial charge in [-0.2, -0.15) is 12.6 Å². The average molecular weight is 252 g/mol. The molecule has 0 N–H and O–H groups in total. The van der Waals surface area contributed by atoms with E-state index in [0.717, 1.165) is 11.8 Å². The Morgan fingerprint density at radius 2 is 1.27 bits per heavy atom. The molecule has 0 atom stereocenters. The summed E-state index contributed by atoms with van der Waals surface area (Å²) in [6.45, 7) is 13.8. The first-order valence-corrected chi connectivity index (χ1v) is 7.83. The van der Waals surface area contributed by atoms with Crippen molar-refractivity contribution in [1.29, 1.82) is 0 Å². The van der Waals surface area contributed by atoms with Crippen LogP contribution in [0.5, 0.6) is 0 Å². The molecule has 0 amide bonds. The van der Waals surface area contributed by atoms with Crippen LogP contribution in [0.3, 0.4) is 0 Å². The molecule has 0 aliphatic heterocycles. The fourth-order valence-corrected chi connectivity index (χ4v) is 4.24. The van der Waals surface area contributed by atoms with Gasteiger partial charge in [-0.25, -0.2) is 0 Å². The Morgan fingerprint density at radius 3 is 1.47 bits per heavy atom. The Hall–Kier alpha value is 0.187. The SMILES string of the molecule is C=C.CCO[Si](CCS)(OCC)OCC. The van der Waals surface area contributed by atoms with Crippen LogP contribution in [-0.2, 0) is 13.3 Å². The van der Waals surface area contributed by atoms with E-state index in [1.807, 2.05) is 20.8 Å². The zero-order valence-electron chi connectivity index (χ0n) is 10.1. The fourth-order valence-electron chi connectivity index (χ4n) is 1.14. The molecule has 0 heterocycles. The molecule has 92 valence electrons. The maximum absolute atomic E-state index is 5.60. The van der Waals surface area contributed by atoms with Crippen molar-refractivity contribution in [2.75, 3.05) is 25.6 Å². The fraction of sp³-hybridized carbons (Fsp3) is 0.800. The average Bonchev–Trinajstić information content (AvgIpc) is 2.22. The van der Waals surface area contributed by atoms with Crippen molar-refractivity contribution < 1.29 is 13.3 Å². The molecule has 0 spiro atoms. The summed E-state index contributed by atoms with van der Waals surface area (Å²) in [6, 6.07) is 0.783. The molecule has 0 aliphatic rings. The summed E-state index contributed by atoms with van der Waals surface area (Å²) in [4.78, 5) is 0. The minimum Gasteiger partial charge on any atom is -0.374 e. The summed E-state index contributed by atoms with van der Waals surface area (Å²) < 4.78 is 16.8. The molecule has 5 heteroatoms. The van der Waals surface area contributed by atoms with Gasteiger partial charge in [0.15, 0.2) is 0 Å². The third-order valence-corrected chi connectivity index (χ3v) is 5.20. The van der Waals surface area contributed by atoms with Gasteiger partial charge in [-0.3, -0.25) is 0 Å². The van der Waals surface area contributed by atoms with Gasteiger partial charge < -0.3 is 13.3 Å². The van der Waals surface area contributed by atoms with Gasteiger partial charge in [0.1, 0.15) is 0 Å². The molecule has 0 aromatic carbocycles. The maximum atomic E-state index is 5.60. The lowest BCUT2D eigenvalue weighted by Crippen LogP contribution is -2.46. The van der Waals surface area contributed by atoms with Crippen LogP contribution in [0, 0.1) is 0 Å². The smallest absolute Gasteiger partial charge is 0.374 e. The Kier molecular flexibility index (Phi) is 14.4. The van der Waals surface area contributed by atoms with Crippen LogP contribution in [-0.4, -0.2) is 34.4 Å². The summed E-state index contributed by atoms with van der Waals surface area (Å²) in [7, 11) is -2.37. The van der Waals surface area contributed by atoms with Gasteiger partial charge in [-0.05, 0) is 26.5 Å². The molecule has 0 radical (unpaired) electrons. The van der Waals surface area contributed by atoms with Crippen LogP contribution in [0.1, 0.15) is 20.8 Å². The molecule has 0 rings (SSSR count). The van der Waals surface area contributed by atoms with Gasteiger partial charge in [0.05, 0.1) is 0 Å². The van der Waals surface area contributed by atoms with Gasteiger partial charge in [0, 0.05) is 25.9 Å². The van der Waals surface area contributed by atoms with Crippen molar-refractivity contribution in [3.63, 3.8) is 0 Å². The van der Waals surface area contributed by atoms with Crippen LogP contribution in [0.15, 0.2) is 13.2 Å². The van der Waals surface area contributed by atoms with Gasteiger partial charge in [-0.1, -0.05) is 0 Å². The number of hydrogen-bond donors (Lipinski definition) is 1. The maximum Gasteiger partial charge on any atom is 0.501 e. The number of hydrogen-bond acceptors (Lipinski definition) is 4. The van der Waals surface area contributed by atoms with Crippen LogP contribution in [0.4, 0.5) is 0 Å². The van der Waals surface area contributed by atoms with E-state index in [4.69, 9.17) is 13.3 Å². The highest BCUT2D eigenvalue weighted by Gasteiger charge is 2.39.